The van der Waals surface area contributed by atoms with E-state index >= 15 is 0 Å². The molecule has 8 heteroatoms. The van der Waals surface area contributed by atoms with Crippen LogP contribution in [0.15, 0.2) is 48.5 Å². The van der Waals surface area contributed by atoms with Gasteiger partial charge in [-0.15, -0.1) is 13.2 Å². The fourth-order valence-corrected chi connectivity index (χ4v) is 2.80. The molecule has 2 unspecified atom stereocenters. The molecule has 1 aliphatic rings. The zero-order valence-corrected chi connectivity index (χ0v) is 14.7. The van der Waals surface area contributed by atoms with E-state index in [1.54, 1.807) is 37.3 Å². The van der Waals surface area contributed by atoms with Gasteiger partial charge in [-0.25, -0.2) is 0 Å². The smallest absolute Gasteiger partial charge is 0.482 e. The monoisotopic (exact) mass is 381 g/mol. The van der Waals surface area contributed by atoms with Crippen molar-refractivity contribution in [1.29, 1.82) is 0 Å². The number of nitrogens with zero attached hydrogens (tertiary/aromatic N) is 1. The van der Waals surface area contributed by atoms with Gasteiger partial charge in [0.15, 0.2) is 11.5 Å². The normalized spacial score (nSPS) is 18.7. The van der Waals surface area contributed by atoms with Gasteiger partial charge in [0.25, 0.3) is 5.91 Å². The predicted molar refractivity (Wildman–Crippen MR) is 90.5 cm³/mol. The Hall–Kier alpha value is -2.90. The molecule has 0 aromatic heterocycles. The summed E-state index contributed by atoms with van der Waals surface area (Å²) in [6.07, 6.45) is -6.26. The van der Waals surface area contributed by atoms with Crippen LogP contribution < -0.4 is 14.2 Å². The number of hydrogen-bond acceptors (Lipinski definition) is 4. The number of ether oxygens (including phenoxy) is 3. The Kier molecular flexibility index (Phi) is 5.16. The minimum atomic E-state index is -4.81. The summed E-state index contributed by atoms with van der Waals surface area (Å²) in [5, 5.41) is 0. The van der Waals surface area contributed by atoms with Crippen molar-refractivity contribution in [2.24, 2.45) is 0 Å². The van der Waals surface area contributed by atoms with Gasteiger partial charge in [-0.1, -0.05) is 30.3 Å². The SMILES string of the molecule is CC1Oc2ccccc2OC1C(=O)N(C)Cc1ccccc1OC(F)(F)F. The van der Waals surface area contributed by atoms with Gasteiger partial charge in [0, 0.05) is 19.2 Å². The fourth-order valence-electron chi connectivity index (χ4n) is 2.80. The van der Waals surface area contributed by atoms with Gasteiger partial charge in [0.1, 0.15) is 11.9 Å². The third kappa shape index (κ3) is 4.45. The van der Waals surface area contributed by atoms with Crippen LogP contribution in [0.4, 0.5) is 13.2 Å². The summed E-state index contributed by atoms with van der Waals surface area (Å²) in [7, 11) is 1.49. The highest BCUT2D eigenvalue weighted by atomic mass is 19.4. The summed E-state index contributed by atoms with van der Waals surface area (Å²) in [6.45, 7) is 1.63. The van der Waals surface area contributed by atoms with Gasteiger partial charge >= 0.3 is 6.36 Å². The predicted octanol–water partition coefficient (Wildman–Crippen LogP) is 3.77. The van der Waals surface area contributed by atoms with Crippen molar-refractivity contribution in [3.05, 3.63) is 54.1 Å². The topological polar surface area (TPSA) is 48.0 Å². The average Bonchev–Trinajstić information content (AvgIpc) is 2.61. The zero-order valence-electron chi connectivity index (χ0n) is 14.7. The summed E-state index contributed by atoms with van der Waals surface area (Å²) in [4.78, 5) is 14.1. The molecule has 0 N–H and O–H groups in total. The molecule has 27 heavy (non-hydrogen) atoms. The molecule has 3 rings (SSSR count). The van der Waals surface area contributed by atoms with Crippen molar-refractivity contribution in [1.82, 2.24) is 4.90 Å². The number of rotatable bonds is 4. The Morgan fingerprint density at radius 1 is 1.07 bits per heavy atom. The van der Waals surface area contributed by atoms with Gasteiger partial charge in [-0.05, 0) is 25.1 Å². The maximum atomic E-state index is 12.8. The van der Waals surface area contributed by atoms with Crippen molar-refractivity contribution >= 4 is 5.91 Å². The maximum Gasteiger partial charge on any atom is 0.573 e. The Labute approximate surface area is 154 Å². The van der Waals surface area contributed by atoms with E-state index in [9.17, 15) is 18.0 Å². The lowest BCUT2D eigenvalue weighted by Gasteiger charge is -2.33. The standard InChI is InChI=1S/C19H18F3NO4/c1-12-17(26-16-10-6-5-9-15(16)25-12)18(24)23(2)11-13-7-3-4-8-14(13)27-19(20,21)22/h3-10,12,17H,11H2,1-2H3. The number of carbonyl (C=O) groups is 1. The van der Waals surface area contributed by atoms with E-state index in [0.717, 1.165) is 0 Å². The average molecular weight is 381 g/mol. The highest BCUT2D eigenvalue weighted by Crippen LogP contribution is 2.34. The Morgan fingerprint density at radius 3 is 2.33 bits per heavy atom. The first-order valence-corrected chi connectivity index (χ1v) is 8.25. The first-order valence-electron chi connectivity index (χ1n) is 8.25. The Balaban J connectivity index is 1.74. The van der Waals surface area contributed by atoms with Gasteiger partial charge in [-0.3, -0.25) is 4.79 Å². The van der Waals surface area contributed by atoms with Crippen LogP contribution in [0.5, 0.6) is 17.2 Å². The van der Waals surface area contributed by atoms with Crippen LogP contribution in [0, 0.1) is 0 Å². The summed E-state index contributed by atoms with van der Waals surface area (Å²) in [6, 6.07) is 12.7. The van der Waals surface area contributed by atoms with Crippen molar-refractivity contribution in [2.75, 3.05) is 7.05 Å². The van der Waals surface area contributed by atoms with Crippen molar-refractivity contribution < 1.29 is 32.2 Å². The fraction of sp³-hybridized carbons (Fsp3) is 0.316. The van der Waals surface area contributed by atoms with Crippen LogP contribution >= 0.6 is 0 Å². The lowest BCUT2D eigenvalue weighted by atomic mass is 10.1. The number of carbonyl (C=O) groups excluding carboxylic acids is 1. The van der Waals surface area contributed by atoms with Crippen LogP contribution in [-0.2, 0) is 11.3 Å². The number of halogens is 3. The zero-order chi connectivity index (χ0) is 19.6. The molecule has 0 aliphatic carbocycles. The van der Waals surface area contributed by atoms with Gasteiger partial charge < -0.3 is 19.1 Å². The number of fused-ring (bicyclic) bond motifs is 1. The van der Waals surface area contributed by atoms with Gasteiger partial charge in [0.2, 0.25) is 6.10 Å². The largest absolute Gasteiger partial charge is 0.573 e. The molecule has 0 spiro atoms. The molecule has 2 aromatic carbocycles. The number of alkyl halides is 3. The van der Waals surface area contributed by atoms with Crippen LogP contribution in [0.25, 0.3) is 0 Å². The molecule has 5 nitrogen and oxygen atoms in total. The molecular formula is C19H18F3NO4. The Morgan fingerprint density at radius 2 is 1.67 bits per heavy atom. The van der Waals surface area contributed by atoms with Crippen LogP contribution in [0.3, 0.4) is 0 Å². The van der Waals surface area contributed by atoms with E-state index in [-0.39, 0.29) is 17.9 Å². The van der Waals surface area contributed by atoms with Gasteiger partial charge in [0.05, 0.1) is 0 Å². The highest BCUT2D eigenvalue weighted by Gasteiger charge is 2.36. The van der Waals surface area contributed by atoms with E-state index in [1.165, 1.54) is 30.1 Å². The molecule has 0 saturated heterocycles. The second kappa shape index (κ2) is 7.38. The first kappa shape index (κ1) is 18.9. The minimum absolute atomic E-state index is 0.0701. The third-order valence-electron chi connectivity index (χ3n) is 4.07. The second-order valence-electron chi connectivity index (χ2n) is 6.16. The number of hydrogen-bond donors (Lipinski definition) is 0. The molecule has 2 aromatic rings. The molecule has 0 fully saturated rings. The van der Waals surface area contributed by atoms with E-state index in [2.05, 4.69) is 4.74 Å². The highest BCUT2D eigenvalue weighted by molar-refractivity contribution is 5.82. The maximum absolute atomic E-state index is 12.8. The third-order valence-corrected chi connectivity index (χ3v) is 4.07. The minimum Gasteiger partial charge on any atom is -0.482 e. The summed E-state index contributed by atoms with van der Waals surface area (Å²) in [5.74, 6) is 0.242. The summed E-state index contributed by atoms with van der Waals surface area (Å²) >= 11 is 0. The van der Waals surface area contributed by atoms with Crippen LogP contribution in [-0.4, -0.2) is 36.4 Å². The lowest BCUT2D eigenvalue weighted by Crippen LogP contribution is -2.49. The Bertz CT molecular complexity index is 825. The molecule has 0 radical (unpaired) electrons. The number of likely N-dealkylation sites (N-methyl/N-ethyl adjacent to an activating group) is 1. The van der Waals surface area contributed by atoms with Crippen molar-refractivity contribution in [2.45, 2.75) is 32.0 Å². The molecule has 2 atom stereocenters. The van der Waals surface area contributed by atoms with Crippen LogP contribution in [0.2, 0.25) is 0 Å². The number of amides is 1. The molecule has 1 aliphatic heterocycles. The summed E-state index contributed by atoms with van der Waals surface area (Å²) in [5.41, 5.74) is 0.232. The molecule has 0 bridgehead atoms. The number of benzene rings is 2. The lowest BCUT2D eigenvalue weighted by molar-refractivity contribution is -0.275. The quantitative estimate of drug-likeness (QED) is 0.809. The first-order chi connectivity index (χ1) is 12.7. The second-order valence-corrected chi connectivity index (χ2v) is 6.16. The molecular weight excluding hydrogens is 363 g/mol. The van der Waals surface area contributed by atoms with Crippen LogP contribution in [0.1, 0.15) is 12.5 Å². The van der Waals surface area contributed by atoms with Crippen molar-refractivity contribution in [3.8, 4) is 17.2 Å². The molecule has 1 amide bonds. The summed E-state index contributed by atoms with van der Waals surface area (Å²) < 4.78 is 53.2. The van der Waals surface area contributed by atoms with E-state index in [1.807, 2.05) is 0 Å². The van der Waals surface area contributed by atoms with E-state index in [0.29, 0.717) is 11.5 Å². The van der Waals surface area contributed by atoms with Crippen molar-refractivity contribution in [3.63, 3.8) is 0 Å². The van der Waals surface area contributed by atoms with E-state index < -0.39 is 24.5 Å². The van der Waals surface area contributed by atoms with E-state index in [4.69, 9.17) is 9.47 Å². The molecule has 0 saturated carbocycles. The number of para-hydroxylation sites is 3. The molecule has 1 heterocycles. The molecule has 144 valence electrons. The van der Waals surface area contributed by atoms with Gasteiger partial charge in [-0.2, -0.15) is 0 Å².